The minimum atomic E-state index is 0.178. The molecule has 0 bridgehead atoms. The molecule has 2 N–H and O–H groups in total. The van der Waals surface area contributed by atoms with Gasteiger partial charge >= 0.3 is 0 Å². The molecule has 2 rings (SSSR count). The monoisotopic (exact) mass is 184 g/mol. The normalized spacial score (nSPS) is 34.2. The third kappa shape index (κ3) is 1.84. The highest BCUT2D eigenvalue weighted by atomic mass is 16.5. The van der Waals surface area contributed by atoms with E-state index in [-0.39, 0.29) is 24.0 Å². The molecule has 2 fully saturated rings. The van der Waals surface area contributed by atoms with Crippen molar-refractivity contribution in [1.82, 2.24) is 10.6 Å². The van der Waals surface area contributed by atoms with Gasteiger partial charge in [0.1, 0.15) is 0 Å². The Morgan fingerprint density at radius 3 is 2.77 bits per heavy atom. The number of carbonyl (C=O) groups excluding carboxylic acids is 1. The largest absolute Gasteiger partial charge is 0.376 e. The molecule has 0 aliphatic carbocycles. The smallest absolute Gasteiger partial charge is 0.225 e. The fourth-order valence-corrected chi connectivity index (χ4v) is 1.70. The van der Waals surface area contributed by atoms with Crippen LogP contribution in [0.15, 0.2) is 0 Å². The molecule has 4 nitrogen and oxygen atoms in total. The zero-order chi connectivity index (χ0) is 9.26. The second-order valence-corrected chi connectivity index (χ2v) is 3.83. The fraction of sp³-hybridized carbons (Fsp3) is 0.889. The van der Waals surface area contributed by atoms with Crippen LogP contribution in [0.5, 0.6) is 0 Å². The zero-order valence-electron chi connectivity index (χ0n) is 7.88. The maximum atomic E-state index is 11.5. The van der Waals surface area contributed by atoms with Crippen LogP contribution in [0.2, 0.25) is 0 Å². The summed E-state index contributed by atoms with van der Waals surface area (Å²) in [6.07, 6.45) is 1.13. The van der Waals surface area contributed by atoms with Crippen LogP contribution in [-0.4, -0.2) is 37.7 Å². The lowest BCUT2D eigenvalue weighted by atomic mass is 10.0. The van der Waals surface area contributed by atoms with Crippen molar-refractivity contribution < 1.29 is 9.53 Å². The Morgan fingerprint density at radius 1 is 1.54 bits per heavy atom. The molecule has 2 atom stereocenters. The Labute approximate surface area is 78.0 Å². The van der Waals surface area contributed by atoms with Crippen LogP contribution in [0, 0.1) is 5.92 Å². The highest BCUT2D eigenvalue weighted by Gasteiger charge is 2.30. The standard InChI is InChI=1S/C9H16N2O2/c1-6-8(2-3-13-6)11-9(12)7-4-10-5-7/h6-8,10H,2-5H2,1H3,(H,11,12). The van der Waals surface area contributed by atoms with Crippen molar-refractivity contribution in [1.29, 1.82) is 0 Å². The molecule has 0 saturated carbocycles. The lowest BCUT2D eigenvalue weighted by Gasteiger charge is -2.28. The summed E-state index contributed by atoms with van der Waals surface area (Å²) in [4.78, 5) is 11.5. The summed E-state index contributed by atoms with van der Waals surface area (Å²) >= 11 is 0. The molecule has 2 aliphatic heterocycles. The second-order valence-electron chi connectivity index (χ2n) is 3.83. The summed E-state index contributed by atoms with van der Waals surface area (Å²) < 4.78 is 5.37. The third-order valence-electron chi connectivity index (χ3n) is 2.86. The minimum absolute atomic E-state index is 0.178. The van der Waals surface area contributed by atoms with Gasteiger partial charge < -0.3 is 15.4 Å². The second kappa shape index (κ2) is 3.64. The van der Waals surface area contributed by atoms with Crippen LogP contribution in [0.25, 0.3) is 0 Å². The van der Waals surface area contributed by atoms with E-state index in [4.69, 9.17) is 4.74 Å². The van der Waals surface area contributed by atoms with Crippen molar-refractivity contribution in [2.45, 2.75) is 25.5 Å². The molecule has 1 amide bonds. The number of amides is 1. The van der Waals surface area contributed by atoms with E-state index >= 15 is 0 Å². The summed E-state index contributed by atoms with van der Waals surface area (Å²) in [5, 5.41) is 6.11. The molecular weight excluding hydrogens is 168 g/mol. The summed E-state index contributed by atoms with van der Waals surface area (Å²) in [7, 11) is 0. The predicted octanol–water partition coefficient (Wildman–Crippen LogP) is -0.501. The van der Waals surface area contributed by atoms with Crippen molar-refractivity contribution >= 4 is 5.91 Å². The summed E-state index contributed by atoms with van der Waals surface area (Å²) in [6, 6.07) is 0.230. The van der Waals surface area contributed by atoms with E-state index in [0.717, 1.165) is 26.1 Å². The van der Waals surface area contributed by atoms with Crippen LogP contribution in [0.1, 0.15) is 13.3 Å². The van der Waals surface area contributed by atoms with Crippen molar-refractivity contribution in [3.8, 4) is 0 Å². The van der Waals surface area contributed by atoms with Gasteiger partial charge in [-0.1, -0.05) is 0 Å². The van der Waals surface area contributed by atoms with E-state index < -0.39 is 0 Å². The first kappa shape index (κ1) is 8.97. The highest BCUT2D eigenvalue weighted by molar-refractivity contribution is 5.80. The van der Waals surface area contributed by atoms with E-state index in [0.29, 0.717) is 0 Å². The average molecular weight is 184 g/mol. The molecular formula is C9H16N2O2. The number of carbonyl (C=O) groups is 1. The van der Waals surface area contributed by atoms with E-state index in [1.807, 2.05) is 6.92 Å². The summed E-state index contributed by atoms with van der Waals surface area (Å²) in [5.74, 6) is 0.369. The van der Waals surface area contributed by atoms with E-state index in [1.165, 1.54) is 0 Å². The van der Waals surface area contributed by atoms with E-state index in [9.17, 15) is 4.79 Å². The molecule has 4 heteroatoms. The first-order valence-corrected chi connectivity index (χ1v) is 4.90. The molecule has 13 heavy (non-hydrogen) atoms. The fourth-order valence-electron chi connectivity index (χ4n) is 1.70. The maximum Gasteiger partial charge on any atom is 0.225 e. The van der Waals surface area contributed by atoms with Gasteiger partial charge in [-0.3, -0.25) is 4.79 Å². The Kier molecular flexibility index (Phi) is 2.51. The number of rotatable bonds is 2. The van der Waals surface area contributed by atoms with Crippen LogP contribution < -0.4 is 10.6 Å². The first-order valence-electron chi connectivity index (χ1n) is 4.90. The van der Waals surface area contributed by atoms with E-state index in [2.05, 4.69) is 10.6 Å². The van der Waals surface area contributed by atoms with Crippen LogP contribution in [0.3, 0.4) is 0 Å². The molecule has 0 radical (unpaired) electrons. The van der Waals surface area contributed by atoms with Gasteiger partial charge in [0.2, 0.25) is 5.91 Å². The summed E-state index contributed by atoms with van der Waals surface area (Å²) in [6.45, 7) is 4.44. The molecule has 0 aromatic rings. The molecule has 2 aliphatic rings. The van der Waals surface area contributed by atoms with Gasteiger partial charge in [-0.15, -0.1) is 0 Å². The Balaban J connectivity index is 1.79. The zero-order valence-corrected chi connectivity index (χ0v) is 7.88. The van der Waals surface area contributed by atoms with Gasteiger partial charge in [-0.05, 0) is 13.3 Å². The van der Waals surface area contributed by atoms with Gasteiger partial charge in [-0.2, -0.15) is 0 Å². The van der Waals surface area contributed by atoms with Crippen molar-refractivity contribution in [2.75, 3.05) is 19.7 Å². The minimum Gasteiger partial charge on any atom is -0.376 e. The number of nitrogens with one attached hydrogen (secondary N) is 2. The van der Waals surface area contributed by atoms with Gasteiger partial charge in [0.05, 0.1) is 18.1 Å². The molecule has 74 valence electrons. The molecule has 0 aromatic heterocycles. The number of hydrogen-bond donors (Lipinski definition) is 2. The van der Waals surface area contributed by atoms with Gasteiger partial charge in [0.15, 0.2) is 0 Å². The molecule has 2 heterocycles. The lowest BCUT2D eigenvalue weighted by Crippen LogP contribution is -2.53. The average Bonchev–Trinajstić information content (AvgIpc) is 2.32. The summed E-state index contributed by atoms with van der Waals surface area (Å²) in [5.41, 5.74) is 0. The molecule has 2 unspecified atom stereocenters. The van der Waals surface area contributed by atoms with Crippen molar-refractivity contribution in [3.63, 3.8) is 0 Å². The van der Waals surface area contributed by atoms with Gasteiger partial charge in [0.25, 0.3) is 0 Å². The van der Waals surface area contributed by atoms with Crippen LogP contribution >= 0.6 is 0 Å². The number of ether oxygens (including phenoxy) is 1. The maximum absolute atomic E-state index is 11.5. The topological polar surface area (TPSA) is 50.4 Å². The lowest BCUT2D eigenvalue weighted by molar-refractivity contribution is -0.127. The molecule has 0 spiro atoms. The van der Waals surface area contributed by atoms with Crippen LogP contribution in [-0.2, 0) is 9.53 Å². The van der Waals surface area contributed by atoms with Crippen molar-refractivity contribution in [3.05, 3.63) is 0 Å². The highest BCUT2D eigenvalue weighted by Crippen LogP contribution is 2.13. The molecule has 2 saturated heterocycles. The first-order chi connectivity index (χ1) is 6.27. The van der Waals surface area contributed by atoms with Crippen LogP contribution in [0.4, 0.5) is 0 Å². The SMILES string of the molecule is CC1OCCC1NC(=O)C1CNC1. The quantitative estimate of drug-likeness (QED) is 0.608. The Bertz CT molecular complexity index is 204. The van der Waals surface area contributed by atoms with Gasteiger partial charge in [-0.25, -0.2) is 0 Å². The van der Waals surface area contributed by atoms with E-state index in [1.54, 1.807) is 0 Å². The number of hydrogen-bond acceptors (Lipinski definition) is 3. The molecule has 0 aromatic carbocycles. The van der Waals surface area contributed by atoms with Crippen molar-refractivity contribution in [2.24, 2.45) is 5.92 Å². The Morgan fingerprint density at radius 2 is 2.31 bits per heavy atom. The predicted molar refractivity (Wildman–Crippen MR) is 48.3 cm³/mol. The third-order valence-corrected chi connectivity index (χ3v) is 2.86. The van der Waals surface area contributed by atoms with Gasteiger partial charge in [0, 0.05) is 19.7 Å². The Hall–Kier alpha value is -0.610.